The van der Waals surface area contributed by atoms with E-state index in [1.54, 1.807) is 0 Å². The van der Waals surface area contributed by atoms with E-state index in [9.17, 15) is 19.5 Å². The Morgan fingerprint density at radius 3 is 2.29 bits per heavy atom. The Hall–Kier alpha value is -3.00. The molecule has 1 aliphatic carbocycles. The number of carboxylic acids is 1. The summed E-state index contributed by atoms with van der Waals surface area (Å²) in [7, 11) is 0. The largest absolute Gasteiger partial charge is 0.480 e. The average molecular weight is 497 g/mol. The standard InChI is InChI=1S/C27H32N2O5S/c1-3-5-14-22(25(30)29-23(26(31)32)16-35-24(29)4-2)28-27(33)34-15-21-19-12-8-6-10-17(19)18-11-7-9-13-20(18)21/h6-13,21-24H,3-5,14-16H2,1-2H3,(H,28,33)(H,31,32). The minimum Gasteiger partial charge on any atom is -0.480 e. The molecule has 3 atom stereocenters. The zero-order chi connectivity index (χ0) is 24.9. The number of carbonyl (C=O) groups excluding carboxylic acids is 2. The van der Waals surface area contributed by atoms with Gasteiger partial charge < -0.3 is 20.1 Å². The molecule has 2 N–H and O–H groups in total. The number of aliphatic carboxylic acids is 1. The minimum absolute atomic E-state index is 0.0752. The van der Waals surface area contributed by atoms with Crippen LogP contribution in [0.4, 0.5) is 4.79 Å². The Balaban J connectivity index is 1.46. The lowest BCUT2D eigenvalue weighted by Gasteiger charge is -2.31. The maximum absolute atomic E-state index is 13.4. The topological polar surface area (TPSA) is 95.9 Å². The minimum atomic E-state index is -1.02. The fourth-order valence-electron chi connectivity index (χ4n) is 4.99. The highest BCUT2D eigenvalue weighted by Crippen LogP contribution is 2.44. The van der Waals surface area contributed by atoms with Crippen molar-refractivity contribution >= 4 is 29.7 Å². The third kappa shape index (κ3) is 5.17. The summed E-state index contributed by atoms with van der Waals surface area (Å²) in [5.74, 6) is -1.09. The molecule has 4 rings (SSSR count). The number of hydrogen-bond donors (Lipinski definition) is 2. The van der Waals surface area contributed by atoms with Crippen LogP contribution in [-0.4, -0.2) is 57.8 Å². The fourth-order valence-corrected chi connectivity index (χ4v) is 6.35. The number of alkyl carbamates (subject to hydrolysis) is 1. The van der Waals surface area contributed by atoms with Crippen LogP contribution in [0.3, 0.4) is 0 Å². The van der Waals surface area contributed by atoms with Gasteiger partial charge in [-0.3, -0.25) is 4.79 Å². The molecule has 0 spiro atoms. The van der Waals surface area contributed by atoms with Gasteiger partial charge in [0.15, 0.2) is 0 Å². The van der Waals surface area contributed by atoms with Gasteiger partial charge in [-0.05, 0) is 35.1 Å². The normalized spacial score (nSPS) is 19.7. The van der Waals surface area contributed by atoms with Crippen molar-refractivity contribution in [2.75, 3.05) is 12.4 Å². The van der Waals surface area contributed by atoms with Gasteiger partial charge in [0.2, 0.25) is 5.91 Å². The number of benzene rings is 2. The highest BCUT2D eigenvalue weighted by atomic mass is 32.2. The van der Waals surface area contributed by atoms with Gasteiger partial charge in [-0.1, -0.05) is 75.2 Å². The molecule has 2 aromatic carbocycles. The van der Waals surface area contributed by atoms with Crippen molar-refractivity contribution < 1.29 is 24.2 Å². The van der Waals surface area contributed by atoms with Gasteiger partial charge >= 0.3 is 12.1 Å². The third-order valence-electron chi connectivity index (χ3n) is 6.76. The van der Waals surface area contributed by atoms with Gasteiger partial charge in [-0.25, -0.2) is 9.59 Å². The van der Waals surface area contributed by atoms with Crippen LogP contribution in [0.25, 0.3) is 11.1 Å². The van der Waals surface area contributed by atoms with Gasteiger partial charge in [0, 0.05) is 11.7 Å². The van der Waals surface area contributed by atoms with Crippen LogP contribution in [0.1, 0.15) is 56.6 Å². The summed E-state index contributed by atoms with van der Waals surface area (Å²) in [4.78, 5) is 39.5. The zero-order valence-corrected chi connectivity index (χ0v) is 20.9. The second kappa shape index (κ2) is 11.2. The van der Waals surface area contributed by atoms with Crippen LogP contribution in [0.2, 0.25) is 0 Å². The maximum Gasteiger partial charge on any atom is 0.407 e. The first-order valence-corrected chi connectivity index (χ1v) is 13.3. The lowest BCUT2D eigenvalue weighted by atomic mass is 9.98. The Kier molecular flexibility index (Phi) is 8.00. The predicted octanol–water partition coefficient (Wildman–Crippen LogP) is 4.85. The summed E-state index contributed by atoms with van der Waals surface area (Å²) in [6.45, 7) is 4.10. The quantitative estimate of drug-likeness (QED) is 0.515. The first kappa shape index (κ1) is 25.1. The molecular formula is C27H32N2O5S. The average Bonchev–Trinajstić information content (AvgIpc) is 3.44. The lowest BCUT2D eigenvalue weighted by Crippen LogP contribution is -2.54. The molecule has 1 fully saturated rings. The first-order chi connectivity index (χ1) is 17.0. The Morgan fingerprint density at radius 2 is 1.71 bits per heavy atom. The molecule has 186 valence electrons. The van der Waals surface area contributed by atoms with Crippen LogP contribution < -0.4 is 5.32 Å². The molecule has 2 amide bonds. The molecule has 0 bridgehead atoms. The number of rotatable bonds is 9. The molecule has 0 aromatic heterocycles. The van der Waals surface area contributed by atoms with E-state index < -0.39 is 24.1 Å². The number of hydrogen-bond acceptors (Lipinski definition) is 5. The molecule has 0 radical (unpaired) electrons. The summed E-state index contributed by atoms with van der Waals surface area (Å²) in [5, 5.41) is 12.2. The summed E-state index contributed by atoms with van der Waals surface area (Å²) in [5.41, 5.74) is 4.52. The molecule has 0 saturated carbocycles. The molecule has 1 heterocycles. The van der Waals surface area contributed by atoms with E-state index in [1.165, 1.54) is 16.7 Å². The smallest absolute Gasteiger partial charge is 0.407 e. The monoisotopic (exact) mass is 496 g/mol. The Labute approximate surface area is 210 Å². The number of ether oxygens (including phenoxy) is 1. The predicted molar refractivity (Wildman–Crippen MR) is 136 cm³/mol. The zero-order valence-electron chi connectivity index (χ0n) is 20.1. The van der Waals surface area contributed by atoms with Gasteiger partial charge in [0.1, 0.15) is 18.7 Å². The van der Waals surface area contributed by atoms with Gasteiger partial charge in [0.25, 0.3) is 0 Å². The second-order valence-electron chi connectivity index (χ2n) is 8.96. The molecule has 2 aromatic rings. The lowest BCUT2D eigenvalue weighted by molar-refractivity contribution is -0.150. The van der Waals surface area contributed by atoms with Crippen LogP contribution in [0.5, 0.6) is 0 Å². The van der Waals surface area contributed by atoms with E-state index in [0.717, 1.165) is 35.1 Å². The summed E-state index contributed by atoms with van der Waals surface area (Å²) in [6.07, 6.45) is 2.00. The SMILES string of the molecule is CCCCC(NC(=O)OCC1c2ccccc2-c2ccccc21)C(=O)N1C(CC)SCC1C(=O)O. The highest BCUT2D eigenvalue weighted by molar-refractivity contribution is 8.00. The number of nitrogens with zero attached hydrogens (tertiary/aromatic N) is 1. The molecule has 8 heteroatoms. The number of nitrogens with one attached hydrogen (secondary N) is 1. The van der Waals surface area contributed by atoms with Crippen molar-refractivity contribution in [3.8, 4) is 11.1 Å². The van der Waals surface area contributed by atoms with Crippen molar-refractivity contribution in [2.24, 2.45) is 0 Å². The Bertz CT molecular complexity index is 1050. The number of carboxylic acid groups (broad SMARTS) is 1. The molecule has 1 aliphatic heterocycles. The van der Waals surface area contributed by atoms with E-state index in [2.05, 4.69) is 29.6 Å². The first-order valence-electron chi connectivity index (χ1n) is 12.2. The van der Waals surface area contributed by atoms with Crippen molar-refractivity contribution in [1.82, 2.24) is 10.2 Å². The number of thioether (sulfide) groups is 1. The van der Waals surface area contributed by atoms with Crippen LogP contribution in [-0.2, 0) is 14.3 Å². The molecule has 7 nitrogen and oxygen atoms in total. The van der Waals surface area contributed by atoms with Crippen LogP contribution in [0.15, 0.2) is 48.5 Å². The maximum atomic E-state index is 13.4. The third-order valence-corrected chi connectivity index (χ3v) is 8.21. The van der Waals surface area contributed by atoms with Crippen molar-refractivity contribution in [3.05, 3.63) is 59.7 Å². The number of carbonyl (C=O) groups is 3. The molecule has 35 heavy (non-hydrogen) atoms. The second-order valence-corrected chi connectivity index (χ2v) is 10.2. The van der Waals surface area contributed by atoms with E-state index in [0.29, 0.717) is 18.6 Å². The summed E-state index contributed by atoms with van der Waals surface area (Å²) >= 11 is 1.47. The Morgan fingerprint density at radius 1 is 1.09 bits per heavy atom. The van der Waals surface area contributed by atoms with Crippen molar-refractivity contribution in [2.45, 2.75) is 62.9 Å². The number of fused-ring (bicyclic) bond motifs is 3. The van der Waals surface area contributed by atoms with Gasteiger partial charge in [0.05, 0.1) is 5.37 Å². The van der Waals surface area contributed by atoms with Crippen LogP contribution in [0, 0.1) is 0 Å². The highest BCUT2D eigenvalue weighted by Gasteiger charge is 2.43. The van der Waals surface area contributed by atoms with Gasteiger partial charge in [-0.15, -0.1) is 11.8 Å². The molecule has 3 unspecified atom stereocenters. The number of unbranched alkanes of at least 4 members (excludes halogenated alkanes) is 1. The fraction of sp³-hybridized carbons (Fsp3) is 0.444. The van der Waals surface area contributed by atoms with Crippen LogP contribution >= 0.6 is 11.8 Å². The van der Waals surface area contributed by atoms with Crippen molar-refractivity contribution in [1.29, 1.82) is 0 Å². The van der Waals surface area contributed by atoms with E-state index in [-0.39, 0.29) is 23.8 Å². The van der Waals surface area contributed by atoms with E-state index in [1.807, 2.05) is 38.1 Å². The molecule has 1 saturated heterocycles. The van der Waals surface area contributed by atoms with E-state index >= 15 is 0 Å². The molecule has 2 aliphatic rings. The summed E-state index contributed by atoms with van der Waals surface area (Å²) in [6, 6.07) is 14.5. The van der Waals surface area contributed by atoms with E-state index in [4.69, 9.17) is 4.74 Å². The van der Waals surface area contributed by atoms with Gasteiger partial charge in [-0.2, -0.15) is 0 Å². The molecular weight excluding hydrogens is 464 g/mol. The summed E-state index contributed by atoms with van der Waals surface area (Å²) < 4.78 is 5.65. The van der Waals surface area contributed by atoms with Crippen molar-refractivity contribution in [3.63, 3.8) is 0 Å². The number of amides is 2.